The molecule has 2 aliphatic heterocycles. The minimum absolute atomic E-state index is 0.597. The maximum atomic E-state index is 5.05. The molecule has 0 radical (unpaired) electrons. The molecule has 3 aromatic heterocycles. The van der Waals surface area contributed by atoms with E-state index >= 15 is 0 Å². The number of benzene rings is 4. The van der Waals surface area contributed by atoms with Crippen molar-refractivity contribution in [1.29, 1.82) is 0 Å². The van der Waals surface area contributed by atoms with Crippen LogP contribution in [-0.4, -0.2) is 39.9 Å². The van der Waals surface area contributed by atoms with Crippen molar-refractivity contribution in [3.63, 3.8) is 0 Å². The predicted octanol–water partition coefficient (Wildman–Crippen LogP) is 6.04. The average molecular weight is 709 g/mol. The molecule has 8 nitrogen and oxygen atoms in total. The quantitative estimate of drug-likeness (QED) is 0.199. The molecule has 4 aromatic carbocycles. The Morgan fingerprint density at radius 1 is 0.390 bits per heavy atom. The van der Waals surface area contributed by atoms with Gasteiger partial charge in [0.1, 0.15) is 0 Å². The van der Waals surface area contributed by atoms with Gasteiger partial charge in [0.25, 0.3) is 0 Å². The van der Waals surface area contributed by atoms with E-state index in [-0.39, 0.29) is 0 Å². The van der Waals surface area contributed by atoms with Gasteiger partial charge in [-0.05, 0) is 0 Å². The summed E-state index contributed by atoms with van der Waals surface area (Å²) < 4.78 is 1.11. The van der Waals surface area contributed by atoms with Gasteiger partial charge in [0.15, 0.2) is 0 Å². The second kappa shape index (κ2) is 8.46. The zero-order valence-corrected chi connectivity index (χ0v) is 23.4. The van der Waals surface area contributed by atoms with Crippen LogP contribution < -0.4 is 3.95 Å². The summed E-state index contributed by atoms with van der Waals surface area (Å²) in [5.74, 6) is 2.39. The predicted molar refractivity (Wildman–Crippen MR) is 156 cm³/mol. The minimum atomic E-state index is 0.597. The molecule has 2 N–H and O–H groups in total. The maximum absolute atomic E-state index is 5.05. The van der Waals surface area contributed by atoms with E-state index in [4.69, 9.17) is 29.9 Å². The topological polar surface area (TPSA) is 109 Å². The molecular weight excluding hydrogens is 691 g/mol. The van der Waals surface area contributed by atoms with E-state index < -0.39 is 0 Å². The van der Waals surface area contributed by atoms with Gasteiger partial charge in [0.2, 0.25) is 0 Å². The number of rotatable bonds is 0. The van der Waals surface area contributed by atoms with Crippen LogP contribution in [-0.2, 0) is 19.8 Å². The van der Waals surface area contributed by atoms with Gasteiger partial charge in [-0.1, -0.05) is 18.2 Å². The molecule has 41 heavy (non-hydrogen) atoms. The summed E-state index contributed by atoms with van der Waals surface area (Å²) in [5, 5.41) is 3.83. The van der Waals surface area contributed by atoms with Crippen LogP contribution in [0.15, 0.2) is 91.0 Å². The van der Waals surface area contributed by atoms with E-state index in [1.807, 2.05) is 72.8 Å². The summed E-state index contributed by atoms with van der Waals surface area (Å²) in [6.45, 7) is 0. The summed E-state index contributed by atoms with van der Waals surface area (Å²) in [6, 6.07) is 30.4. The van der Waals surface area contributed by atoms with Crippen molar-refractivity contribution in [3.05, 3.63) is 91.0 Å². The number of hydrogen-bond acceptors (Lipinski definition) is 6. The first-order valence-electron chi connectivity index (χ1n) is 13.1. The number of nitrogens with one attached hydrogen (secondary N) is 2. The first-order valence-corrected chi connectivity index (χ1v) is 14.2. The summed E-state index contributed by atoms with van der Waals surface area (Å²) in [5.41, 5.74) is 6.45. The third kappa shape index (κ3) is 3.44. The molecular formula is C32H17N8Pt. The van der Waals surface area contributed by atoms with Crippen molar-refractivity contribution < 1.29 is 19.8 Å². The molecule has 0 saturated heterocycles. The van der Waals surface area contributed by atoms with Crippen molar-refractivity contribution in [2.24, 2.45) is 0 Å². The molecule has 0 spiro atoms. The Hall–Kier alpha value is -5.07. The zero-order chi connectivity index (χ0) is 27.1. The first-order chi connectivity index (χ1) is 20.2. The van der Waals surface area contributed by atoms with Crippen LogP contribution in [0.2, 0.25) is 0 Å². The van der Waals surface area contributed by atoms with Crippen LogP contribution in [0.5, 0.6) is 0 Å². The van der Waals surface area contributed by atoms with Crippen molar-refractivity contribution in [2.45, 2.75) is 0 Å². The fourth-order valence-corrected chi connectivity index (χ4v) is 6.12. The Morgan fingerprint density at radius 3 is 1.20 bits per heavy atom. The molecule has 0 amide bonds. The molecule has 195 valence electrons. The van der Waals surface area contributed by atoms with Gasteiger partial charge in [-0.3, -0.25) is 0 Å². The van der Waals surface area contributed by atoms with Crippen molar-refractivity contribution >= 4 is 48.1 Å². The Bertz CT molecular complexity index is 2400. The monoisotopic (exact) mass is 708 g/mol. The van der Waals surface area contributed by atoms with E-state index in [0.717, 1.165) is 47.8 Å². The van der Waals surface area contributed by atoms with Crippen LogP contribution >= 0.6 is 0 Å². The van der Waals surface area contributed by atoms with Crippen LogP contribution in [0.3, 0.4) is 0 Å². The molecule has 0 saturated carbocycles. The van der Waals surface area contributed by atoms with Crippen LogP contribution in [0, 0.1) is 0 Å². The van der Waals surface area contributed by atoms with Gasteiger partial charge in [-0.2, -0.15) is 0 Å². The van der Waals surface area contributed by atoms with Crippen molar-refractivity contribution in [3.8, 4) is 45.6 Å². The Kier molecular flexibility index (Phi) is 4.69. The molecule has 9 rings (SSSR count). The van der Waals surface area contributed by atoms with E-state index in [9.17, 15) is 0 Å². The molecule has 0 aliphatic carbocycles. The molecule has 0 fully saturated rings. The SMILES string of the molecule is [Pt][c]1ccc2c3nc4nc(nc5[nH]c(nc6nc(nc([nH]3)c2c1)-c1ccccc1-6)c1ccccc51)-c1ccccc1-4. The molecule has 8 bridgehead atoms. The van der Waals surface area contributed by atoms with Gasteiger partial charge in [0, 0.05) is 0 Å². The van der Waals surface area contributed by atoms with Crippen LogP contribution in [0.25, 0.3) is 89.7 Å². The molecule has 0 atom stereocenters. The van der Waals surface area contributed by atoms with Crippen LogP contribution in [0.1, 0.15) is 0 Å². The Labute approximate surface area is 243 Å². The average Bonchev–Trinajstić information content (AvgIpc) is 3.72. The normalized spacial score (nSPS) is 12.0. The number of aromatic amines is 2. The van der Waals surface area contributed by atoms with Crippen molar-refractivity contribution in [2.75, 3.05) is 0 Å². The summed E-state index contributed by atoms with van der Waals surface area (Å²) in [7, 11) is 0. The second-order valence-corrected chi connectivity index (χ2v) is 11.2. The number of nitrogens with zero attached hydrogens (tertiary/aromatic N) is 6. The van der Waals surface area contributed by atoms with Gasteiger partial charge in [-0.15, -0.1) is 0 Å². The third-order valence-corrected chi connectivity index (χ3v) is 8.20. The van der Waals surface area contributed by atoms with Crippen molar-refractivity contribution in [1.82, 2.24) is 39.9 Å². The molecule has 7 aromatic rings. The van der Waals surface area contributed by atoms with E-state index in [1.165, 1.54) is 0 Å². The van der Waals surface area contributed by atoms with Crippen LogP contribution in [0.4, 0.5) is 0 Å². The fraction of sp³-hybridized carbons (Fsp3) is 0. The first kappa shape index (κ1) is 22.7. The van der Waals surface area contributed by atoms with Gasteiger partial charge < -0.3 is 0 Å². The number of hydrogen-bond donors (Lipinski definition) is 2. The van der Waals surface area contributed by atoms with Gasteiger partial charge >= 0.3 is 226 Å². The number of fused-ring (bicyclic) bond motifs is 20. The summed E-state index contributed by atoms with van der Waals surface area (Å²) in [4.78, 5) is 36.9. The van der Waals surface area contributed by atoms with E-state index in [0.29, 0.717) is 45.9 Å². The van der Waals surface area contributed by atoms with Gasteiger partial charge in [-0.25, -0.2) is 0 Å². The van der Waals surface area contributed by atoms with E-state index in [1.54, 1.807) is 0 Å². The molecule has 5 heterocycles. The summed E-state index contributed by atoms with van der Waals surface area (Å²) >= 11 is 2.30. The third-order valence-electron chi connectivity index (χ3n) is 7.50. The zero-order valence-electron chi connectivity index (χ0n) is 21.2. The summed E-state index contributed by atoms with van der Waals surface area (Å²) in [6.07, 6.45) is 0. The molecule has 2 aliphatic rings. The Balaban J connectivity index is 1.51. The van der Waals surface area contributed by atoms with Gasteiger partial charge in [0.05, 0.1) is 0 Å². The Morgan fingerprint density at radius 2 is 0.756 bits per heavy atom. The molecule has 9 heteroatoms. The number of aromatic nitrogens is 8. The number of H-pyrrole nitrogens is 2. The fourth-order valence-electron chi connectivity index (χ4n) is 5.60. The second-order valence-electron chi connectivity index (χ2n) is 9.90. The molecule has 0 unspecified atom stereocenters. The standard InChI is InChI=1S/C32H17N8.Pt/c1-2-10-18-17(9-1)25-33-26(18)38-28-21-13-5-6-14-22(21)30(35-28)40-32-24-16-8-7-15-23(24)31(36-32)39-29-20-12-4-3-11-19(20)27(34-29)37-25;/h1-7,9-16H,(H2,33,34,35,36,37,38,39,40);. The van der Waals surface area contributed by atoms with E-state index in [2.05, 4.69) is 48.0 Å².